The van der Waals surface area contributed by atoms with Crippen LogP contribution in [0.2, 0.25) is 5.02 Å². The summed E-state index contributed by atoms with van der Waals surface area (Å²) in [5.41, 5.74) is -0.0616. The number of thioether (sulfide) groups is 1. The number of piperidine rings is 1. The van der Waals surface area contributed by atoms with Crippen LogP contribution in [0.1, 0.15) is 19.8 Å². The lowest BCUT2D eigenvalue weighted by Crippen LogP contribution is -2.36. The minimum atomic E-state index is -0.642. The number of benzene rings is 1. The van der Waals surface area contributed by atoms with E-state index in [-0.39, 0.29) is 16.5 Å². The first-order valence-electron chi connectivity index (χ1n) is 8.17. The number of esters is 1. The van der Waals surface area contributed by atoms with Crippen LogP contribution in [0.3, 0.4) is 0 Å². The van der Waals surface area contributed by atoms with Crippen LogP contribution in [0, 0.1) is 11.7 Å². The van der Waals surface area contributed by atoms with Gasteiger partial charge in [0, 0.05) is 18.1 Å². The molecular formula is C17H20ClFN2O3S2. The lowest BCUT2D eigenvalue weighted by Gasteiger charge is -2.31. The highest BCUT2D eigenvalue weighted by Crippen LogP contribution is 2.21. The Bertz CT molecular complexity index is 682. The highest BCUT2D eigenvalue weighted by atomic mass is 35.5. The third-order valence-electron chi connectivity index (χ3n) is 3.92. The third kappa shape index (κ3) is 6.74. The number of nitrogens with zero attached hydrogens (tertiary/aromatic N) is 1. The highest BCUT2D eigenvalue weighted by molar-refractivity contribution is 8.23. The molecule has 0 spiro atoms. The van der Waals surface area contributed by atoms with E-state index in [0.717, 1.165) is 32.0 Å². The first-order chi connectivity index (χ1) is 12.3. The summed E-state index contributed by atoms with van der Waals surface area (Å²) >= 11 is 12.3. The molecule has 2 rings (SSSR count). The number of likely N-dealkylation sites (tertiary alicyclic amines) is 1. The number of amides is 1. The zero-order valence-electron chi connectivity index (χ0n) is 14.3. The maximum absolute atomic E-state index is 13.5. The molecule has 1 aromatic rings. The molecule has 1 N–H and O–H groups in total. The van der Waals surface area contributed by atoms with Gasteiger partial charge in [-0.3, -0.25) is 9.59 Å². The van der Waals surface area contributed by atoms with Gasteiger partial charge in [-0.05, 0) is 37.0 Å². The van der Waals surface area contributed by atoms with Crippen molar-refractivity contribution < 1.29 is 18.7 Å². The Morgan fingerprint density at radius 2 is 2.12 bits per heavy atom. The predicted octanol–water partition coefficient (Wildman–Crippen LogP) is 3.71. The van der Waals surface area contributed by atoms with E-state index < -0.39 is 24.3 Å². The number of carbonyl (C=O) groups is 2. The molecule has 1 heterocycles. The number of hydrogen-bond acceptors (Lipinski definition) is 5. The lowest BCUT2D eigenvalue weighted by molar-refractivity contribution is -0.144. The monoisotopic (exact) mass is 418 g/mol. The minimum absolute atomic E-state index is 0.0314. The summed E-state index contributed by atoms with van der Waals surface area (Å²) in [5.74, 6) is -1.08. The summed E-state index contributed by atoms with van der Waals surface area (Å²) in [6.07, 6.45) is 2.18. The van der Waals surface area contributed by atoms with Gasteiger partial charge in [-0.25, -0.2) is 4.39 Å². The second kappa shape index (κ2) is 10.1. The van der Waals surface area contributed by atoms with Crippen molar-refractivity contribution in [3.05, 3.63) is 29.0 Å². The summed E-state index contributed by atoms with van der Waals surface area (Å²) in [6, 6.07) is 3.79. The molecule has 1 amide bonds. The molecular weight excluding hydrogens is 399 g/mol. The molecule has 0 atom stereocenters. The number of nitrogens with one attached hydrogen (secondary N) is 1. The van der Waals surface area contributed by atoms with Gasteiger partial charge < -0.3 is 15.0 Å². The molecule has 0 bridgehead atoms. The number of hydrogen-bond donors (Lipinski definition) is 1. The number of carbonyl (C=O) groups excluding carboxylic acids is 2. The quantitative estimate of drug-likeness (QED) is 0.581. The van der Waals surface area contributed by atoms with Crippen molar-refractivity contribution in [2.75, 3.05) is 30.8 Å². The van der Waals surface area contributed by atoms with Crippen LogP contribution in [0.15, 0.2) is 18.2 Å². The Morgan fingerprint density at radius 1 is 1.42 bits per heavy atom. The van der Waals surface area contributed by atoms with Crippen molar-refractivity contribution in [1.29, 1.82) is 0 Å². The molecule has 0 aliphatic carbocycles. The van der Waals surface area contributed by atoms with Crippen LogP contribution in [0.4, 0.5) is 10.1 Å². The van der Waals surface area contributed by atoms with E-state index in [1.807, 2.05) is 0 Å². The average molecular weight is 419 g/mol. The lowest BCUT2D eigenvalue weighted by atomic mass is 10.00. The van der Waals surface area contributed by atoms with Gasteiger partial charge in [0.2, 0.25) is 0 Å². The molecule has 0 radical (unpaired) electrons. The summed E-state index contributed by atoms with van der Waals surface area (Å²) in [6.45, 7) is 3.51. The van der Waals surface area contributed by atoms with Gasteiger partial charge in [-0.2, -0.15) is 0 Å². The van der Waals surface area contributed by atoms with E-state index >= 15 is 0 Å². The van der Waals surface area contributed by atoms with Crippen LogP contribution in [0.25, 0.3) is 0 Å². The van der Waals surface area contributed by atoms with E-state index in [1.165, 1.54) is 23.9 Å². The summed E-state index contributed by atoms with van der Waals surface area (Å²) < 4.78 is 19.1. The fourth-order valence-corrected chi connectivity index (χ4v) is 3.59. The first-order valence-corrected chi connectivity index (χ1v) is 9.94. The highest BCUT2D eigenvalue weighted by Gasteiger charge is 2.19. The molecule has 1 aliphatic rings. The van der Waals surface area contributed by atoms with E-state index in [2.05, 4.69) is 17.1 Å². The van der Waals surface area contributed by atoms with Gasteiger partial charge in [0.1, 0.15) is 10.1 Å². The van der Waals surface area contributed by atoms with E-state index in [1.54, 1.807) is 0 Å². The standard InChI is InChI=1S/C17H20ClFN2O3S2/c1-11-4-6-21(7-5-11)17(25)26-10-16(23)24-9-15(22)20-14-8-12(18)2-3-13(14)19/h2-3,8,11H,4-7,9-10H2,1H3,(H,20,22). The van der Waals surface area contributed by atoms with Crippen molar-refractivity contribution in [3.8, 4) is 0 Å². The number of anilines is 1. The van der Waals surface area contributed by atoms with Crippen molar-refractivity contribution in [1.82, 2.24) is 4.90 Å². The van der Waals surface area contributed by atoms with Crippen LogP contribution in [0.5, 0.6) is 0 Å². The number of halogens is 2. The van der Waals surface area contributed by atoms with Gasteiger partial charge in [0.05, 0.1) is 11.4 Å². The van der Waals surface area contributed by atoms with E-state index in [9.17, 15) is 14.0 Å². The van der Waals surface area contributed by atoms with Gasteiger partial charge in [-0.15, -0.1) is 0 Å². The van der Waals surface area contributed by atoms with Crippen LogP contribution >= 0.6 is 35.6 Å². The normalized spacial score (nSPS) is 14.8. The van der Waals surface area contributed by atoms with Crippen molar-refractivity contribution in [2.24, 2.45) is 5.92 Å². The average Bonchev–Trinajstić information content (AvgIpc) is 2.61. The van der Waals surface area contributed by atoms with Crippen LogP contribution < -0.4 is 5.32 Å². The fraction of sp³-hybridized carbons (Fsp3) is 0.471. The van der Waals surface area contributed by atoms with Crippen molar-refractivity contribution >= 4 is 57.5 Å². The second-order valence-electron chi connectivity index (χ2n) is 6.06. The zero-order valence-corrected chi connectivity index (χ0v) is 16.7. The fourth-order valence-electron chi connectivity index (χ4n) is 2.37. The molecule has 1 aromatic carbocycles. The topological polar surface area (TPSA) is 58.6 Å². The number of ether oxygens (including phenoxy) is 1. The summed E-state index contributed by atoms with van der Waals surface area (Å²) in [5, 5.41) is 2.60. The Morgan fingerprint density at radius 3 is 2.81 bits per heavy atom. The molecule has 1 saturated heterocycles. The molecule has 1 aliphatic heterocycles. The summed E-state index contributed by atoms with van der Waals surface area (Å²) in [4.78, 5) is 25.6. The first kappa shape index (κ1) is 20.9. The zero-order chi connectivity index (χ0) is 19.1. The smallest absolute Gasteiger partial charge is 0.316 e. The van der Waals surface area contributed by atoms with E-state index in [0.29, 0.717) is 10.2 Å². The predicted molar refractivity (Wildman–Crippen MR) is 106 cm³/mol. The maximum Gasteiger partial charge on any atom is 0.316 e. The second-order valence-corrected chi connectivity index (χ2v) is 8.10. The Hall–Kier alpha value is -1.38. The number of rotatable bonds is 5. The SMILES string of the molecule is CC1CCN(C(=S)SCC(=O)OCC(=O)Nc2cc(Cl)ccc2F)CC1. The Balaban J connectivity index is 1.68. The Labute approximate surface area is 166 Å². The maximum atomic E-state index is 13.5. The molecule has 0 saturated carbocycles. The van der Waals surface area contributed by atoms with Gasteiger partial charge in [-0.1, -0.05) is 42.5 Å². The molecule has 1 fully saturated rings. The minimum Gasteiger partial charge on any atom is -0.455 e. The molecule has 5 nitrogen and oxygen atoms in total. The molecule has 26 heavy (non-hydrogen) atoms. The van der Waals surface area contributed by atoms with Gasteiger partial charge in [0.25, 0.3) is 5.91 Å². The molecule has 142 valence electrons. The summed E-state index contributed by atoms with van der Waals surface area (Å²) in [7, 11) is 0. The van der Waals surface area contributed by atoms with Crippen molar-refractivity contribution in [3.63, 3.8) is 0 Å². The molecule has 0 unspecified atom stereocenters. The van der Waals surface area contributed by atoms with Gasteiger partial charge >= 0.3 is 5.97 Å². The third-order valence-corrected chi connectivity index (χ3v) is 5.65. The molecule has 9 heteroatoms. The van der Waals surface area contributed by atoms with Crippen molar-refractivity contribution in [2.45, 2.75) is 19.8 Å². The number of thiocarbonyl (C=S) groups is 1. The van der Waals surface area contributed by atoms with E-state index in [4.69, 9.17) is 28.6 Å². The largest absolute Gasteiger partial charge is 0.455 e. The van der Waals surface area contributed by atoms with Crippen LogP contribution in [-0.2, 0) is 14.3 Å². The van der Waals surface area contributed by atoms with Gasteiger partial charge in [0.15, 0.2) is 6.61 Å². The Kier molecular flexibility index (Phi) is 8.12. The van der Waals surface area contributed by atoms with Crippen LogP contribution in [-0.4, -0.2) is 46.5 Å². The molecule has 0 aromatic heterocycles.